The van der Waals surface area contributed by atoms with Crippen molar-refractivity contribution in [1.82, 2.24) is 0 Å². The first-order chi connectivity index (χ1) is 24.2. The number of nitrogens with zero attached hydrogens (tertiary/aromatic N) is 1. The molecule has 0 amide bonds. The molecule has 0 aliphatic carbocycles. The van der Waals surface area contributed by atoms with Gasteiger partial charge in [-0.3, -0.25) is 9.79 Å². The number of fused-ring (bicyclic) bond motifs is 2. The highest BCUT2D eigenvalue weighted by Gasteiger charge is 2.59. The molecule has 1 spiro atoms. The van der Waals surface area contributed by atoms with Gasteiger partial charge in [0.05, 0.1) is 67.1 Å². The van der Waals surface area contributed by atoms with Crippen LogP contribution < -0.4 is 5.73 Å². The van der Waals surface area contributed by atoms with Crippen LogP contribution in [0.25, 0.3) is 0 Å². The molecule has 10 aliphatic rings. The number of aliphatic hydroxyl groups excluding tert-OH is 1. The summed E-state index contributed by atoms with van der Waals surface area (Å²) in [4.78, 5) is 19.4. The molecule has 0 saturated carbocycles. The first kappa shape index (κ1) is 35.7. The van der Waals surface area contributed by atoms with Gasteiger partial charge in [0.2, 0.25) is 5.72 Å². The van der Waals surface area contributed by atoms with Crippen molar-refractivity contribution in [1.29, 1.82) is 0 Å². The molecule has 10 heterocycles. The maximum atomic E-state index is 13.8. The lowest BCUT2D eigenvalue weighted by Crippen LogP contribution is -2.65. The minimum atomic E-state index is -1.08. The van der Waals surface area contributed by atoms with Crippen LogP contribution in [0.1, 0.15) is 110 Å². The average Bonchev–Trinajstić information content (AvgIpc) is 3.81. The van der Waals surface area contributed by atoms with Gasteiger partial charge in [-0.15, -0.1) is 0 Å². The maximum absolute atomic E-state index is 13.8. The summed E-state index contributed by atoms with van der Waals surface area (Å²) < 4.78 is 47.5. The topological polar surface area (TPSA) is 140 Å². The van der Waals surface area contributed by atoms with Crippen molar-refractivity contribution in [3.05, 3.63) is 12.2 Å². The number of hydrogen-bond acceptors (Lipinski definition) is 11. The van der Waals surface area contributed by atoms with E-state index in [1.165, 1.54) is 5.57 Å². The van der Waals surface area contributed by atoms with Crippen LogP contribution in [0, 0.1) is 11.8 Å². The minimum Gasteiger partial charge on any atom is -0.392 e. The van der Waals surface area contributed by atoms with Crippen LogP contribution in [0.2, 0.25) is 0 Å². The van der Waals surface area contributed by atoms with Gasteiger partial charge in [-0.2, -0.15) is 0 Å². The van der Waals surface area contributed by atoms with Crippen LogP contribution in [0.5, 0.6) is 0 Å². The molecule has 0 aromatic heterocycles. The standard InChI is InChI=1S/C39H60N2O9/c1-21-12-27-5-4-26-6-10-32(45-26)34-19-37(44-3)39-36(49-34)11-8-29(50-39)16-24(42)14-23-15-30(17-25(43)20-40)48-33(23)18-35-38(41-39)22(2)13-28(47-35)7-9-31(21)46-27/h22-23,25-37,43H,1,4-20,40H2,2-3H3/t22-,23?,25?,26-,27?,28+,29-,30?,31?,32?,33?,34?,35-,36?,37?,39?/m1/s1. The summed E-state index contributed by atoms with van der Waals surface area (Å²) in [5, 5.41) is 10.4. The Morgan fingerprint density at radius 3 is 2.46 bits per heavy atom. The van der Waals surface area contributed by atoms with Gasteiger partial charge >= 0.3 is 0 Å². The number of aliphatic hydroxyl groups is 1. The van der Waals surface area contributed by atoms with Crippen LogP contribution in [0.4, 0.5) is 0 Å². The molecule has 6 saturated heterocycles. The molecule has 11 heteroatoms. The monoisotopic (exact) mass is 700 g/mol. The van der Waals surface area contributed by atoms with Crippen LogP contribution in [0.15, 0.2) is 17.1 Å². The molecule has 11 nitrogen and oxygen atoms in total. The van der Waals surface area contributed by atoms with Gasteiger partial charge in [-0.25, -0.2) is 0 Å². The number of aliphatic imine (C=N–C) groups is 1. The zero-order valence-electron chi connectivity index (χ0n) is 30.1. The van der Waals surface area contributed by atoms with Crippen LogP contribution >= 0.6 is 0 Å². The summed E-state index contributed by atoms with van der Waals surface area (Å²) in [6.45, 7) is 6.87. The molecule has 10 aliphatic heterocycles. The second-order valence-corrected chi connectivity index (χ2v) is 16.9. The summed E-state index contributed by atoms with van der Waals surface area (Å²) in [7, 11) is 1.76. The van der Waals surface area contributed by atoms with Gasteiger partial charge in [0.15, 0.2) is 0 Å². The number of hydrogen-bond donors (Lipinski definition) is 2. The Bertz CT molecular complexity index is 1270. The largest absolute Gasteiger partial charge is 0.392 e. The molecule has 280 valence electrons. The van der Waals surface area contributed by atoms with Gasteiger partial charge in [0.25, 0.3) is 0 Å². The van der Waals surface area contributed by atoms with E-state index in [0.717, 1.165) is 76.3 Å². The summed E-state index contributed by atoms with van der Waals surface area (Å²) >= 11 is 0. The highest BCUT2D eigenvalue weighted by atomic mass is 16.6. The normalized spacial score (nSPS) is 48.8. The third-order valence-corrected chi connectivity index (χ3v) is 13.3. The zero-order chi connectivity index (χ0) is 34.6. The third kappa shape index (κ3) is 7.17. The number of Topliss-reactive ketones (excluding diaryl/α,β-unsaturated/α-hetero) is 1. The summed E-state index contributed by atoms with van der Waals surface area (Å²) in [6, 6.07) is 0. The predicted octanol–water partition coefficient (Wildman–Crippen LogP) is 4.34. The Balaban J connectivity index is 1.17. The molecule has 16 atom stereocenters. The Morgan fingerprint density at radius 1 is 0.840 bits per heavy atom. The lowest BCUT2D eigenvalue weighted by molar-refractivity contribution is -0.297. The fourth-order valence-electron chi connectivity index (χ4n) is 10.7. The fourth-order valence-corrected chi connectivity index (χ4v) is 10.7. The van der Waals surface area contributed by atoms with Crippen LogP contribution in [-0.4, -0.2) is 115 Å². The first-order valence-electron chi connectivity index (χ1n) is 19.8. The molecule has 11 unspecified atom stereocenters. The van der Waals surface area contributed by atoms with E-state index in [-0.39, 0.29) is 97.4 Å². The molecule has 50 heavy (non-hydrogen) atoms. The second kappa shape index (κ2) is 14.9. The number of ketones is 1. The molecule has 10 bridgehead atoms. The van der Waals surface area contributed by atoms with Gasteiger partial charge < -0.3 is 44.0 Å². The highest BCUT2D eigenvalue weighted by Crippen LogP contribution is 2.48. The molecular weight excluding hydrogens is 640 g/mol. The predicted molar refractivity (Wildman–Crippen MR) is 185 cm³/mol. The summed E-state index contributed by atoms with van der Waals surface area (Å²) in [5.41, 5.74) is 6.87. The van der Waals surface area contributed by atoms with Crippen molar-refractivity contribution < 1.29 is 43.1 Å². The van der Waals surface area contributed by atoms with Crippen molar-refractivity contribution in [2.45, 2.75) is 195 Å². The van der Waals surface area contributed by atoms with Gasteiger partial charge in [0, 0.05) is 51.5 Å². The Kier molecular flexibility index (Phi) is 10.6. The van der Waals surface area contributed by atoms with Crippen molar-refractivity contribution in [2.24, 2.45) is 22.6 Å². The number of carbonyl (C=O) groups excluding carboxylic acids is 1. The van der Waals surface area contributed by atoms with Crippen molar-refractivity contribution in [3.8, 4) is 0 Å². The van der Waals surface area contributed by atoms with E-state index in [4.69, 9.17) is 43.9 Å². The number of carbonyl (C=O) groups is 1. The van der Waals surface area contributed by atoms with Gasteiger partial charge in [-0.1, -0.05) is 13.5 Å². The number of nitrogens with two attached hydrogens (primary N) is 1. The summed E-state index contributed by atoms with van der Waals surface area (Å²) in [5.74, 6) is 0.344. The number of ether oxygens (including phenoxy) is 7. The average molecular weight is 701 g/mol. The molecule has 0 aromatic rings. The summed E-state index contributed by atoms with van der Waals surface area (Å²) in [6.07, 6.45) is 10.1. The SMILES string of the molecule is C=C1CC2CC[C@@H]3CCC(O3)C3CC(OC)C45N=C6[C@H](C)C[C@H](CCC1O2)O[C@@H]6CC1OC(CC(O)CN)CC1CC(=O)C[C@@H](CCC4O3)O5. The lowest BCUT2D eigenvalue weighted by atomic mass is 9.80. The van der Waals surface area contributed by atoms with E-state index in [9.17, 15) is 9.90 Å². The van der Waals surface area contributed by atoms with Crippen molar-refractivity contribution in [2.75, 3.05) is 13.7 Å². The van der Waals surface area contributed by atoms with Crippen LogP contribution in [0.3, 0.4) is 0 Å². The zero-order valence-corrected chi connectivity index (χ0v) is 30.1. The van der Waals surface area contributed by atoms with Crippen LogP contribution in [-0.2, 0) is 38.0 Å². The Labute approximate surface area is 297 Å². The first-order valence-corrected chi connectivity index (χ1v) is 19.8. The van der Waals surface area contributed by atoms with Gasteiger partial charge in [0.1, 0.15) is 18.0 Å². The minimum absolute atomic E-state index is 0.00452. The van der Waals surface area contributed by atoms with E-state index in [1.54, 1.807) is 7.11 Å². The Hall–Kier alpha value is -1.28. The molecule has 10 rings (SSSR count). The van der Waals surface area contributed by atoms with Gasteiger partial charge in [-0.05, 0) is 88.0 Å². The second-order valence-electron chi connectivity index (χ2n) is 16.9. The molecular formula is C39H60N2O9. The smallest absolute Gasteiger partial charge is 0.211 e. The lowest BCUT2D eigenvalue weighted by Gasteiger charge is -2.53. The fraction of sp³-hybridized carbons (Fsp3) is 0.897. The molecule has 0 aromatic carbocycles. The van der Waals surface area contributed by atoms with E-state index in [2.05, 4.69) is 13.5 Å². The van der Waals surface area contributed by atoms with E-state index in [1.807, 2.05) is 0 Å². The highest BCUT2D eigenvalue weighted by molar-refractivity contribution is 5.92. The number of rotatable bonds is 4. The number of methoxy groups -OCH3 is 1. The van der Waals surface area contributed by atoms with E-state index in [0.29, 0.717) is 32.1 Å². The van der Waals surface area contributed by atoms with E-state index < -0.39 is 11.8 Å². The van der Waals surface area contributed by atoms with E-state index >= 15 is 0 Å². The maximum Gasteiger partial charge on any atom is 0.211 e. The molecule has 3 N–H and O–H groups in total. The van der Waals surface area contributed by atoms with Crippen molar-refractivity contribution in [3.63, 3.8) is 0 Å². The molecule has 6 fully saturated rings. The quantitative estimate of drug-likeness (QED) is 0.407. The Morgan fingerprint density at radius 2 is 1.62 bits per heavy atom. The third-order valence-electron chi connectivity index (χ3n) is 13.3. The van der Waals surface area contributed by atoms with Crippen molar-refractivity contribution >= 4 is 11.5 Å². The molecule has 0 radical (unpaired) electrons.